The Morgan fingerprint density at radius 1 is 1.00 bits per heavy atom. The average molecular weight is 571 g/mol. The summed E-state index contributed by atoms with van der Waals surface area (Å²) in [5.74, 6) is 0.891. The highest BCUT2D eigenvalue weighted by atomic mass is 32.2. The number of thioether (sulfide) groups is 1. The van der Waals surface area contributed by atoms with E-state index in [0.717, 1.165) is 11.1 Å². The van der Waals surface area contributed by atoms with Crippen molar-refractivity contribution in [2.24, 2.45) is 4.99 Å². The Bertz CT molecular complexity index is 1460. The van der Waals surface area contributed by atoms with Crippen LogP contribution in [0.1, 0.15) is 60.3 Å². The largest absolute Gasteiger partial charge is 0.493 e. The highest BCUT2D eigenvalue weighted by molar-refractivity contribution is 8.18. The van der Waals surface area contributed by atoms with Gasteiger partial charge in [0.2, 0.25) is 0 Å². The first-order chi connectivity index (χ1) is 19.9. The number of benzene rings is 3. The molecule has 0 radical (unpaired) electrons. The van der Waals surface area contributed by atoms with Gasteiger partial charge >= 0.3 is 5.97 Å². The van der Waals surface area contributed by atoms with Crippen LogP contribution in [0, 0.1) is 0 Å². The Kier molecular flexibility index (Phi) is 9.09. The van der Waals surface area contributed by atoms with Gasteiger partial charge in [-0.1, -0.05) is 61.7 Å². The van der Waals surface area contributed by atoms with Crippen LogP contribution in [0.25, 0.3) is 6.08 Å². The number of carboxylic acid groups (broad SMARTS) is 1. The van der Waals surface area contributed by atoms with Gasteiger partial charge in [-0.25, -0.2) is 4.99 Å². The number of hydrogen-bond acceptors (Lipinski definition) is 6. The number of likely N-dealkylation sites (N-methyl/N-ethyl adjacent to an activating group) is 1. The van der Waals surface area contributed by atoms with Gasteiger partial charge in [0, 0.05) is 7.05 Å². The molecule has 1 amide bonds. The molecule has 0 spiro atoms. The molecule has 212 valence electrons. The van der Waals surface area contributed by atoms with Crippen molar-refractivity contribution in [3.63, 3.8) is 0 Å². The number of carbonyl (C=O) groups is 2. The Morgan fingerprint density at radius 2 is 1.71 bits per heavy atom. The molecule has 0 unspecified atom stereocenters. The number of carbonyl (C=O) groups excluding carboxylic acids is 1. The summed E-state index contributed by atoms with van der Waals surface area (Å²) in [6.45, 7) is 0.442. The molecule has 1 N–H and O–H groups in total. The van der Waals surface area contributed by atoms with Crippen LogP contribution in [0.4, 0.5) is 5.69 Å². The van der Waals surface area contributed by atoms with Gasteiger partial charge < -0.3 is 14.6 Å². The van der Waals surface area contributed by atoms with Crippen LogP contribution in [0.5, 0.6) is 11.5 Å². The van der Waals surface area contributed by atoms with E-state index in [1.54, 1.807) is 38.4 Å². The molecule has 2 aliphatic rings. The zero-order chi connectivity index (χ0) is 28.8. The Hall–Kier alpha value is -4.04. The molecule has 5 rings (SSSR count). The lowest BCUT2D eigenvalue weighted by atomic mass is 9.84. The molecule has 1 saturated heterocycles. The van der Waals surface area contributed by atoms with Crippen molar-refractivity contribution in [2.75, 3.05) is 14.2 Å². The van der Waals surface area contributed by atoms with Gasteiger partial charge in [0.25, 0.3) is 5.91 Å². The first-order valence-corrected chi connectivity index (χ1v) is 14.7. The van der Waals surface area contributed by atoms with E-state index in [-0.39, 0.29) is 12.3 Å². The van der Waals surface area contributed by atoms with E-state index >= 15 is 0 Å². The summed E-state index contributed by atoms with van der Waals surface area (Å²) in [7, 11) is 3.29. The third-order valence-corrected chi connectivity index (χ3v) is 8.52. The van der Waals surface area contributed by atoms with E-state index in [0.29, 0.717) is 45.3 Å². The summed E-state index contributed by atoms with van der Waals surface area (Å²) in [5.41, 5.74) is 4.69. The van der Waals surface area contributed by atoms with Crippen molar-refractivity contribution < 1.29 is 24.2 Å². The first-order valence-electron chi connectivity index (χ1n) is 13.9. The maximum atomic E-state index is 12.9. The van der Waals surface area contributed by atoms with Crippen LogP contribution < -0.4 is 9.47 Å². The van der Waals surface area contributed by atoms with E-state index in [1.165, 1.54) is 54.3 Å². The Labute approximate surface area is 244 Å². The van der Waals surface area contributed by atoms with Gasteiger partial charge in [-0.15, -0.1) is 0 Å². The molecule has 1 saturated carbocycles. The SMILES string of the molecule is COc1cc(/C=C2\S/C(=N/c3ccc(CC(=O)O)cc3)N(C)C2=O)ccc1OCc1ccc(C2CCCCC2)cc1. The smallest absolute Gasteiger partial charge is 0.307 e. The fourth-order valence-electron chi connectivity index (χ4n) is 5.15. The number of amides is 1. The van der Waals surface area contributed by atoms with Crippen molar-refractivity contribution in [3.05, 3.63) is 93.9 Å². The molecule has 7 nitrogen and oxygen atoms in total. The molecule has 0 aromatic heterocycles. The van der Waals surface area contributed by atoms with Gasteiger partial charge in [-0.2, -0.15) is 0 Å². The predicted molar refractivity (Wildman–Crippen MR) is 163 cm³/mol. The van der Waals surface area contributed by atoms with E-state index in [1.807, 2.05) is 24.3 Å². The molecular weight excluding hydrogens is 536 g/mol. The normalized spacial score (nSPS) is 17.8. The minimum absolute atomic E-state index is 0.0440. The first kappa shape index (κ1) is 28.5. The maximum absolute atomic E-state index is 12.9. The van der Waals surface area contributed by atoms with Crippen LogP contribution in [-0.4, -0.2) is 41.2 Å². The van der Waals surface area contributed by atoms with Gasteiger partial charge in [-0.3, -0.25) is 14.5 Å². The van der Waals surface area contributed by atoms with Crippen molar-refractivity contribution in [1.82, 2.24) is 4.90 Å². The fraction of sp³-hybridized carbons (Fsp3) is 0.303. The van der Waals surface area contributed by atoms with Gasteiger partial charge in [0.15, 0.2) is 16.7 Å². The van der Waals surface area contributed by atoms with E-state index in [2.05, 4.69) is 29.3 Å². The third kappa shape index (κ3) is 7.19. The molecule has 0 bridgehead atoms. The molecule has 1 heterocycles. The number of ether oxygens (including phenoxy) is 2. The minimum atomic E-state index is -0.883. The lowest BCUT2D eigenvalue weighted by Crippen LogP contribution is -2.23. The quantitative estimate of drug-likeness (QED) is 0.274. The molecule has 8 heteroatoms. The molecule has 3 aromatic carbocycles. The second-order valence-electron chi connectivity index (χ2n) is 10.4. The average Bonchev–Trinajstić information content (AvgIpc) is 3.25. The lowest BCUT2D eigenvalue weighted by Gasteiger charge is -2.22. The van der Waals surface area contributed by atoms with E-state index in [9.17, 15) is 9.59 Å². The second kappa shape index (κ2) is 13.1. The summed E-state index contributed by atoms with van der Waals surface area (Å²) < 4.78 is 11.7. The number of aliphatic imine (C=N–C) groups is 1. The summed E-state index contributed by atoms with van der Waals surface area (Å²) in [5, 5.41) is 9.50. The summed E-state index contributed by atoms with van der Waals surface area (Å²) >= 11 is 1.29. The van der Waals surface area contributed by atoms with E-state index < -0.39 is 5.97 Å². The number of aliphatic carboxylic acids is 1. The third-order valence-electron chi connectivity index (χ3n) is 7.46. The van der Waals surface area contributed by atoms with Crippen molar-refractivity contribution in [3.8, 4) is 11.5 Å². The number of methoxy groups -OCH3 is 1. The topological polar surface area (TPSA) is 88.4 Å². The summed E-state index contributed by atoms with van der Waals surface area (Å²) in [6, 6.07) is 21.4. The predicted octanol–water partition coefficient (Wildman–Crippen LogP) is 7.18. The van der Waals surface area contributed by atoms with Gasteiger partial charge in [0.1, 0.15) is 6.61 Å². The zero-order valence-corrected chi connectivity index (χ0v) is 24.2. The van der Waals surface area contributed by atoms with Crippen LogP contribution in [0.15, 0.2) is 76.6 Å². The zero-order valence-electron chi connectivity index (χ0n) is 23.3. The summed E-state index contributed by atoms with van der Waals surface area (Å²) in [6.07, 6.45) is 8.35. The standard InChI is InChI=1S/C33H34N2O5S/c1-35-32(38)30(41-33(35)34-27-15-10-22(11-16-27)20-31(36)37)19-24-12-17-28(29(18-24)39-2)40-21-23-8-13-26(14-9-23)25-6-4-3-5-7-25/h8-19,25H,3-7,20-21H2,1-2H3,(H,36,37)/b30-19-,34-33+. The van der Waals surface area contributed by atoms with E-state index in [4.69, 9.17) is 14.6 Å². The number of amidine groups is 1. The lowest BCUT2D eigenvalue weighted by molar-refractivity contribution is -0.136. The molecule has 3 aromatic rings. The maximum Gasteiger partial charge on any atom is 0.307 e. The molecule has 2 fully saturated rings. The Morgan fingerprint density at radius 3 is 2.39 bits per heavy atom. The van der Waals surface area contributed by atoms with Crippen LogP contribution in [0.3, 0.4) is 0 Å². The van der Waals surface area contributed by atoms with Crippen molar-refractivity contribution >= 4 is 40.6 Å². The molecular formula is C33H34N2O5S. The van der Waals surface area contributed by atoms with Crippen molar-refractivity contribution in [1.29, 1.82) is 0 Å². The number of rotatable bonds is 9. The molecule has 1 aliphatic carbocycles. The van der Waals surface area contributed by atoms with Crippen LogP contribution in [0.2, 0.25) is 0 Å². The Balaban J connectivity index is 1.24. The van der Waals surface area contributed by atoms with Crippen molar-refractivity contribution in [2.45, 2.75) is 51.0 Å². The number of hydrogen-bond donors (Lipinski definition) is 1. The molecule has 0 atom stereocenters. The van der Waals surface area contributed by atoms with Crippen LogP contribution in [-0.2, 0) is 22.6 Å². The van der Waals surface area contributed by atoms with Gasteiger partial charge in [-0.05, 0) is 83.1 Å². The molecule has 41 heavy (non-hydrogen) atoms. The van der Waals surface area contributed by atoms with Gasteiger partial charge in [0.05, 0.1) is 24.1 Å². The highest BCUT2D eigenvalue weighted by Gasteiger charge is 2.30. The number of carboxylic acids is 1. The molecule has 1 aliphatic heterocycles. The summed E-state index contributed by atoms with van der Waals surface area (Å²) in [4.78, 5) is 30.5. The fourth-order valence-corrected chi connectivity index (χ4v) is 6.14. The highest BCUT2D eigenvalue weighted by Crippen LogP contribution is 2.36. The monoisotopic (exact) mass is 570 g/mol. The minimum Gasteiger partial charge on any atom is -0.493 e. The van der Waals surface area contributed by atoms with Crippen LogP contribution >= 0.6 is 11.8 Å². The number of nitrogens with zero attached hydrogens (tertiary/aromatic N) is 2. The second-order valence-corrected chi connectivity index (χ2v) is 11.4.